The van der Waals surface area contributed by atoms with E-state index in [2.05, 4.69) is 5.32 Å². The first-order chi connectivity index (χ1) is 9.99. The number of aryl methyl sites for hydroxylation is 1. The lowest BCUT2D eigenvalue weighted by Gasteiger charge is -2.06. The van der Waals surface area contributed by atoms with Gasteiger partial charge in [-0.25, -0.2) is 4.79 Å². The summed E-state index contributed by atoms with van der Waals surface area (Å²) in [6.07, 6.45) is 0.756. The molecule has 112 valence electrons. The minimum absolute atomic E-state index is 0.0288. The SMILES string of the molecule is Cc1csc(=O)n1CCCC(=O)Nc1ccsc1C(=O)O. The first kappa shape index (κ1) is 15.5. The number of carbonyl (C=O) groups excluding carboxylic acids is 1. The van der Waals surface area contributed by atoms with Gasteiger partial charge in [0.15, 0.2) is 0 Å². The van der Waals surface area contributed by atoms with Crippen LogP contribution in [0.1, 0.15) is 28.2 Å². The Labute approximate surface area is 128 Å². The van der Waals surface area contributed by atoms with Crippen LogP contribution in [0.2, 0.25) is 0 Å². The van der Waals surface area contributed by atoms with E-state index in [1.165, 1.54) is 0 Å². The molecular formula is C13H14N2O4S2. The molecule has 2 rings (SSSR count). The number of carboxylic acid groups (broad SMARTS) is 1. The number of aromatic nitrogens is 1. The lowest BCUT2D eigenvalue weighted by Crippen LogP contribution is -2.17. The number of thiophene rings is 1. The first-order valence-corrected chi connectivity index (χ1v) is 8.00. The molecule has 6 nitrogen and oxygen atoms in total. The molecule has 21 heavy (non-hydrogen) atoms. The Morgan fingerprint density at radius 1 is 1.38 bits per heavy atom. The van der Waals surface area contributed by atoms with E-state index in [-0.39, 0.29) is 22.1 Å². The first-order valence-electron chi connectivity index (χ1n) is 6.24. The Morgan fingerprint density at radius 2 is 2.14 bits per heavy atom. The number of nitrogens with one attached hydrogen (secondary N) is 1. The van der Waals surface area contributed by atoms with Gasteiger partial charge < -0.3 is 15.0 Å². The van der Waals surface area contributed by atoms with Crippen LogP contribution < -0.4 is 10.2 Å². The number of amides is 1. The number of anilines is 1. The predicted molar refractivity (Wildman–Crippen MR) is 82.5 cm³/mol. The highest BCUT2D eigenvalue weighted by molar-refractivity contribution is 7.12. The molecule has 0 aromatic carbocycles. The average Bonchev–Trinajstić information content (AvgIpc) is 2.99. The molecule has 1 amide bonds. The zero-order chi connectivity index (χ0) is 15.4. The molecule has 0 bridgehead atoms. The number of thiazole rings is 1. The van der Waals surface area contributed by atoms with Gasteiger partial charge in [0.2, 0.25) is 5.91 Å². The largest absolute Gasteiger partial charge is 0.477 e. The molecule has 0 aliphatic rings. The van der Waals surface area contributed by atoms with Crippen molar-refractivity contribution in [1.82, 2.24) is 4.57 Å². The van der Waals surface area contributed by atoms with Gasteiger partial charge in [0.25, 0.3) is 0 Å². The van der Waals surface area contributed by atoms with Gasteiger partial charge in [0.05, 0.1) is 5.69 Å². The third-order valence-corrected chi connectivity index (χ3v) is 4.68. The van der Waals surface area contributed by atoms with E-state index in [1.807, 2.05) is 6.92 Å². The molecule has 0 unspecified atom stereocenters. The molecule has 0 saturated heterocycles. The van der Waals surface area contributed by atoms with Gasteiger partial charge in [0, 0.05) is 24.0 Å². The number of hydrogen-bond donors (Lipinski definition) is 2. The van der Waals surface area contributed by atoms with Crippen LogP contribution in [0, 0.1) is 6.92 Å². The van der Waals surface area contributed by atoms with Crippen LogP contribution in [0.4, 0.5) is 5.69 Å². The van der Waals surface area contributed by atoms with Crippen LogP contribution in [-0.2, 0) is 11.3 Å². The summed E-state index contributed by atoms with van der Waals surface area (Å²) in [6, 6.07) is 1.57. The maximum atomic E-state index is 11.8. The molecule has 0 aliphatic carbocycles. The van der Waals surface area contributed by atoms with Crippen molar-refractivity contribution >= 4 is 40.2 Å². The zero-order valence-electron chi connectivity index (χ0n) is 11.3. The van der Waals surface area contributed by atoms with E-state index in [4.69, 9.17) is 5.11 Å². The van der Waals surface area contributed by atoms with Crippen molar-refractivity contribution in [1.29, 1.82) is 0 Å². The van der Waals surface area contributed by atoms with Crippen LogP contribution >= 0.6 is 22.7 Å². The maximum absolute atomic E-state index is 11.8. The molecule has 8 heteroatoms. The standard InChI is InChI=1S/C13H14N2O4S2/c1-8-7-21-13(19)15(8)5-2-3-10(16)14-9-4-6-20-11(9)12(17)18/h4,6-7H,2-3,5H2,1H3,(H,14,16)(H,17,18). The highest BCUT2D eigenvalue weighted by Gasteiger charge is 2.13. The molecule has 0 atom stereocenters. The highest BCUT2D eigenvalue weighted by atomic mass is 32.1. The van der Waals surface area contributed by atoms with Crippen molar-refractivity contribution < 1.29 is 14.7 Å². The molecule has 2 N–H and O–H groups in total. The second kappa shape index (κ2) is 6.68. The van der Waals surface area contributed by atoms with E-state index in [9.17, 15) is 14.4 Å². The zero-order valence-corrected chi connectivity index (χ0v) is 12.9. The summed E-state index contributed by atoms with van der Waals surface area (Å²) in [7, 11) is 0. The third kappa shape index (κ3) is 3.79. The Hall–Kier alpha value is -1.93. The summed E-state index contributed by atoms with van der Waals surface area (Å²) in [5.74, 6) is -1.31. The Balaban J connectivity index is 1.87. The second-order valence-electron chi connectivity index (χ2n) is 4.41. The van der Waals surface area contributed by atoms with Gasteiger partial charge in [-0.05, 0) is 24.8 Å². The van der Waals surface area contributed by atoms with E-state index in [0.29, 0.717) is 18.7 Å². The smallest absolute Gasteiger partial charge is 0.348 e. The van der Waals surface area contributed by atoms with Crippen LogP contribution in [0.15, 0.2) is 21.6 Å². The summed E-state index contributed by atoms with van der Waals surface area (Å²) < 4.78 is 1.63. The number of carbonyl (C=O) groups is 2. The van der Waals surface area contributed by atoms with Crippen molar-refractivity contribution in [2.75, 3.05) is 5.32 Å². The van der Waals surface area contributed by atoms with Gasteiger partial charge in [0.1, 0.15) is 4.88 Å². The third-order valence-electron chi connectivity index (χ3n) is 2.90. The van der Waals surface area contributed by atoms with Crippen LogP contribution in [0.3, 0.4) is 0 Å². The number of hydrogen-bond acceptors (Lipinski definition) is 5. The van der Waals surface area contributed by atoms with Gasteiger partial charge in [-0.2, -0.15) is 0 Å². The summed E-state index contributed by atoms with van der Waals surface area (Å²) in [4.78, 5) is 34.3. The molecule has 0 spiro atoms. The number of carboxylic acids is 1. The van der Waals surface area contributed by atoms with Crippen LogP contribution in [-0.4, -0.2) is 21.6 Å². The summed E-state index contributed by atoms with van der Waals surface area (Å²) in [5, 5.41) is 14.9. The number of nitrogens with zero attached hydrogens (tertiary/aromatic N) is 1. The number of rotatable bonds is 6. The van der Waals surface area contributed by atoms with E-state index >= 15 is 0 Å². The van der Waals surface area contributed by atoms with Gasteiger partial charge in [-0.15, -0.1) is 11.3 Å². The molecule has 0 radical (unpaired) electrons. The highest BCUT2D eigenvalue weighted by Crippen LogP contribution is 2.22. The van der Waals surface area contributed by atoms with Crippen molar-refractivity contribution in [3.8, 4) is 0 Å². The van der Waals surface area contributed by atoms with Crippen LogP contribution in [0.5, 0.6) is 0 Å². The fourth-order valence-corrected chi connectivity index (χ4v) is 3.31. The van der Waals surface area contributed by atoms with Crippen molar-refractivity contribution in [3.63, 3.8) is 0 Å². The van der Waals surface area contributed by atoms with Gasteiger partial charge in [-0.3, -0.25) is 9.59 Å². The van der Waals surface area contributed by atoms with E-state index in [0.717, 1.165) is 28.4 Å². The molecule has 0 aliphatic heterocycles. The lowest BCUT2D eigenvalue weighted by atomic mass is 10.2. The maximum Gasteiger partial charge on any atom is 0.348 e. The summed E-state index contributed by atoms with van der Waals surface area (Å²) in [5.41, 5.74) is 1.21. The predicted octanol–water partition coefficient (Wildman–Crippen LogP) is 2.40. The van der Waals surface area contributed by atoms with Crippen molar-refractivity contribution in [2.45, 2.75) is 26.3 Å². The Morgan fingerprint density at radius 3 is 2.76 bits per heavy atom. The fraction of sp³-hybridized carbons (Fsp3) is 0.308. The fourth-order valence-electron chi connectivity index (χ4n) is 1.86. The second-order valence-corrected chi connectivity index (χ2v) is 6.15. The Bertz CT molecular complexity index is 714. The molecular weight excluding hydrogens is 312 g/mol. The molecule has 2 aromatic rings. The molecule has 2 aromatic heterocycles. The normalized spacial score (nSPS) is 10.5. The lowest BCUT2D eigenvalue weighted by molar-refractivity contribution is -0.116. The Kier molecular flexibility index (Phi) is 4.92. The monoisotopic (exact) mass is 326 g/mol. The van der Waals surface area contributed by atoms with Crippen molar-refractivity contribution in [3.05, 3.63) is 37.1 Å². The minimum Gasteiger partial charge on any atom is -0.477 e. The molecule has 0 saturated carbocycles. The van der Waals surface area contributed by atoms with Gasteiger partial charge in [-0.1, -0.05) is 11.3 Å². The summed E-state index contributed by atoms with van der Waals surface area (Å²) >= 11 is 2.21. The van der Waals surface area contributed by atoms with Gasteiger partial charge >= 0.3 is 10.8 Å². The summed E-state index contributed by atoms with van der Waals surface area (Å²) in [6.45, 7) is 2.33. The minimum atomic E-state index is -1.05. The van der Waals surface area contributed by atoms with Crippen LogP contribution in [0.25, 0.3) is 0 Å². The quantitative estimate of drug-likeness (QED) is 0.853. The van der Waals surface area contributed by atoms with E-state index < -0.39 is 5.97 Å². The number of aromatic carboxylic acids is 1. The average molecular weight is 326 g/mol. The van der Waals surface area contributed by atoms with Crippen molar-refractivity contribution in [2.24, 2.45) is 0 Å². The molecule has 0 fully saturated rings. The molecule has 2 heterocycles. The van der Waals surface area contributed by atoms with E-state index in [1.54, 1.807) is 21.4 Å². The topological polar surface area (TPSA) is 88.4 Å².